The summed E-state index contributed by atoms with van der Waals surface area (Å²) in [7, 11) is 0. The van der Waals surface area contributed by atoms with Gasteiger partial charge in [-0.15, -0.1) is 0 Å². The van der Waals surface area contributed by atoms with Crippen molar-refractivity contribution in [1.29, 1.82) is 0 Å². The van der Waals surface area contributed by atoms with Crippen LogP contribution in [0.4, 0.5) is 0 Å². The normalized spacial score (nSPS) is 13.9. The van der Waals surface area contributed by atoms with Gasteiger partial charge in [0.25, 0.3) is 0 Å². The van der Waals surface area contributed by atoms with Crippen LogP contribution in [0.25, 0.3) is 0 Å². The topological polar surface area (TPSA) is 129 Å². The third-order valence-electron chi connectivity index (χ3n) is 1.61. The molecule has 0 aliphatic heterocycles. The Labute approximate surface area is 170 Å². The van der Waals surface area contributed by atoms with Crippen LogP contribution in [0, 0.1) is 0 Å². The van der Waals surface area contributed by atoms with Crippen molar-refractivity contribution in [2.24, 2.45) is 0 Å². The minimum atomic E-state index is -0.852. The maximum atomic E-state index is 9.90. The standard InChI is InChI=1S/4C4H9O2.Sn/c4*1-3-6-4(2)5;/h4*4H,3H2,1-2H3;/q4*-1;+4. The number of hydrogen-bond acceptors (Lipinski definition) is 8. The first kappa shape index (κ1) is 36.4. The minimum absolute atomic E-state index is 0. The first-order valence-electron chi connectivity index (χ1n) is 8.18. The molecule has 0 aromatic rings. The van der Waals surface area contributed by atoms with Gasteiger partial charge in [-0.2, -0.15) is 0 Å². The molecular weight excluding hydrogens is 439 g/mol. The monoisotopic (exact) mass is 476 g/mol. The Balaban J connectivity index is -0.0000000702. The van der Waals surface area contributed by atoms with E-state index in [1.165, 1.54) is 27.7 Å². The molecule has 8 nitrogen and oxygen atoms in total. The summed E-state index contributed by atoms with van der Waals surface area (Å²) in [4.78, 5) is 0. The van der Waals surface area contributed by atoms with Crippen molar-refractivity contribution in [3.8, 4) is 0 Å². The fourth-order valence-electron chi connectivity index (χ4n) is 0.939. The fourth-order valence-corrected chi connectivity index (χ4v) is 0.939. The quantitative estimate of drug-likeness (QED) is 0.308. The first-order chi connectivity index (χ1) is 11.1. The Hall–Kier alpha value is 0.479. The first-order valence-corrected chi connectivity index (χ1v) is 8.18. The van der Waals surface area contributed by atoms with Crippen molar-refractivity contribution < 1.29 is 39.4 Å². The molecule has 0 rings (SSSR count). The van der Waals surface area contributed by atoms with E-state index in [4.69, 9.17) is 0 Å². The molecule has 9 heteroatoms. The third-order valence-corrected chi connectivity index (χ3v) is 1.61. The van der Waals surface area contributed by atoms with E-state index in [9.17, 15) is 20.4 Å². The van der Waals surface area contributed by atoms with Crippen LogP contribution < -0.4 is 20.4 Å². The third kappa shape index (κ3) is 79.4. The zero-order valence-corrected chi connectivity index (χ0v) is 19.8. The maximum absolute atomic E-state index is 9.90. The van der Waals surface area contributed by atoms with Crippen molar-refractivity contribution in [2.75, 3.05) is 26.4 Å². The van der Waals surface area contributed by atoms with E-state index in [-0.39, 0.29) is 23.9 Å². The van der Waals surface area contributed by atoms with E-state index in [0.29, 0.717) is 26.4 Å². The molecule has 0 aliphatic carbocycles. The van der Waals surface area contributed by atoms with E-state index in [0.717, 1.165) is 0 Å². The van der Waals surface area contributed by atoms with E-state index in [1.54, 1.807) is 27.7 Å². The van der Waals surface area contributed by atoms with Crippen LogP contribution in [0.15, 0.2) is 0 Å². The van der Waals surface area contributed by atoms with Gasteiger partial charge in [-0.05, 0) is 52.9 Å². The Morgan fingerprint density at radius 1 is 0.480 bits per heavy atom. The summed E-state index contributed by atoms with van der Waals surface area (Å²) < 4.78 is 17.9. The second-order valence-electron chi connectivity index (χ2n) is 4.09. The van der Waals surface area contributed by atoms with Crippen LogP contribution >= 0.6 is 0 Å². The molecule has 4 atom stereocenters. The molecule has 0 fully saturated rings. The summed E-state index contributed by atoms with van der Waals surface area (Å²) in [5, 5.41) is 39.6. The zero-order valence-electron chi connectivity index (χ0n) is 16.9. The summed E-state index contributed by atoms with van der Waals surface area (Å²) in [5.74, 6) is 0. The van der Waals surface area contributed by atoms with E-state index in [2.05, 4.69) is 18.9 Å². The molecule has 0 amide bonds. The molecule has 152 valence electrons. The van der Waals surface area contributed by atoms with Gasteiger partial charge in [-0.1, -0.05) is 27.7 Å². The molecule has 0 saturated carbocycles. The molecule has 0 aromatic carbocycles. The van der Waals surface area contributed by atoms with Gasteiger partial charge in [0.15, 0.2) is 0 Å². The van der Waals surface area contributed by atoms with Gasteiger partial charge in [0.2, 0.25) is 0 Å². The Morgan fingerprint density at radius 2 is 0.600 bits per heavy atom. The summed E-state index contributed by atoms with van der Waals surface area (Å²) in [5.41, 5.74) is 0. The molecule has 0 heterocycles. The van der Waals surface area contributed by atoms with Crippen LogP contribution in [-0.2, 0) is 18.9 Å². The molecule has 4 unspecified atom stereocenters. The van der Waals surface area contributed by atoms with Crippen molar-refractivity contribution in [3.05, 3.63) is 0 Å². The van der Waals surface area contributed by atoms with Crippen molar-refractivity contribution >= 4 is 23.9 Å². The predicted molar refractivity (Wildman–Crippen MR) is 90.1 cm³/mol. The van der Waals surface area contributed by atoms with E-state index < -0.39 is 25.2 Å². The molecule has 0 saturated heterocycles. The van der Waals surface area contributed by atoms with Gasteiger partial charge in [0.1, 0.15) is 0 Å². The second kappa shape index (κ2) is 32.2. The molecule has 0 bridgehead atoms. The zero-order chi connectivity index (χ0) is 20.0. The molecule has 0 radical (unpaired) electrons. The van der Waals surface area contributed by atoms with Crippen LogP contribution in [-0.4, -0.2) is 75.5 Å². The van der Waals surface area contributed by atoms with E-state index >= 15 is 0 Å². The minimum Gasteiger partial charge on any atom is -0.831 e. The number of rotatable bonds is 8. The summed E-state index contributed by atoms with van der Waals surface area (Å²) in [6.45, 7) is 15.2. The Bertz CT molecular complexity index is 153. The van der Waals surface area contributed by atoms with E-state index in [1.807, 2.05) is 0 Å². The summed E-state index contributed by atoms with van der Waals surface area (Å²) in [6, 6.07) is 0. The van der Waals surface area contributed by atoms with Crippen LogP contribution in [0.5, 0.6) is 0 Å². The summed E-state index contributed by atoms with van der Waals surface area (Å²) in [6.07, 6.45) is -3.41. The largest absolute Gasteiger partial charge is 4.00 e. The van der Waals surface area contributed by atoms with Crippen molar-refractivity contribution in [1.82, 2.24) is 0 Å². The molecule has 0 N–H and O–H groups in total. The predicted octanol–water partition coefficient (Wildman–Crippen LogP) is -1.46. The molecule has 0 spiro atoms. The van der Waals surface area contributed by atoms with Gasteiger partial charge in [-0.3, -0.25) is 0 Å². The molecule has 0 aliphatic rings. The van der Waals surface area contributed by atoms with Gasteiger partial charge in [-0.25, -0.2) is 0 Å². The van der Waals surface area contributed by atoms with Gasteiger partial charge in [0, 0.05) is 26.4 Å². The van der Waals surface area contributed by atoms with Crippen molar-refractivity contribution in [2.45, 2.75) is 80.6 Å². The molecule has 0 aromatic heterocycles. The average Bonchev–Trinajstić information content (AvgIpc) is 2.39. The average molecular weight is 475 g/mol. The smallest absolute Gasteiger partial charge is 0.831 e. The Kier molecular flexibility index (Phi) is 46.9. The van der Waals surface area contributed by atoms with Gasteiger partial charge < -0.3 is 39.4 Å². The van der Waals surface area contributed by atoms with Crippen LogP contribution in [0.3, 0.4) is 0 Å². The fraction of sp³-hybridized carbons (Fsp3) is 1.00. The van der Waals surface area contributed by atoms with Gasteiger partial charge in [0.05, 0.1) is 0 Å². The van der Waals surface area contributed by atoms with Crippen molar-refractivity contribution in [3.63, 3.8) is 0 Å². The Morgan fingerprint density at radius 3 is 0.600 bits per heavy atom. The summed E-state index contributed by atoms with van der Waals surface area (Å²) >= 11 is 0. The second-order valence-corrected chi connectivity index (χ2v) is 4.09. The molecular formula is C16H36O8Sn. The maximum Gasteiger partial charge on any atom is 4.00 e. The van der Waals surface area contributed by atoms with Gasteiger partial charge >= 0.3 is 23.9 Å². The number of hydrogen-bond donors (Lipinski definition) is 0. The van der Waals surface area contributed by atoms with Crippen LogP contribution in [0.2, 0.25) is 0 Å². The SMILES string of the molecule is CCOC(C)[O-].CCOC(C)[O-].CCOC(C)[O-].CCOC(C)[O-].[Sn+4]. The molecule has 25 heavy (non-hydrogen) atoms. The number of ether oxygens (including phenoxy) is 4. The van der Waals surface area contributed by atoms with Crippen LogP contribution in [0.1, 0.15) is 55.4 Å².